The van der Waals surface area contributed by atoms with Gasteiger partial charge in [-0.15, -0.1) is 10.2 Å². The normalized spacial score (nSPS) is 10.5. The Kier molecular flexibility index (Phi) is 5.93. The van der Waals surface area contributed by atoms with Crippen molar-refractivity contribution in [2.45, 2.75) is 6.92 Å². The molecule has 0 saturated carbocycles. The van der Waals surface area contributed by atoms with Gasteiger partial charge in [0.15, 0.2) is 6.61 Å². The van der Waals surface area contributed by atoms with Crippen molar-refractivity contribution in [3.05, 3.63) is 78.4 Å². The number of ether oxygens (including phenoxy) is 2. The first-order chi connectivity index (χ1) is 15.1. The number of nitrogens with one attached hydrogen (secondary N) is 1. The number of amides is 1. The van der Waals surface area contributed by atoms with Crippen molar-refractivity contribution in [2.24, 2.45) is 0 Å². The van der Waals surface area contributed by atoms with Crippen LogP contribution in [-0.2, 0) is 4.79 Å². The summed E-state index contributed by atoms with van der Waals surface area (Å²) in [4.78, 5) is 12.3. The van der Waals surface area contributed by atoms with Crippen molar-refractivity contribution < 1.29 is 18.7 Å². The fourth-order valence-electron chi connectivity index (χ4n) is 3.00. The molecule has 0 aliphatic carbocycles. The fraction of sp³-hybridized carbons (Fsp3) is 0.125. The summed E-state index contributed by atoms with van der Waals surface area (Å²) in [5, 5.41) is 11.1. The van der Waals surface area contributed by atoms with Crippen LogP contribution in [0.1, 0.15) is 5.56 Å². The minimum Gasteiger partial charge on any atom is -0.497 e. The zero-order valence-corrected chi connectivity index (χ0v) is 17.2. The summed E-state index contributed by atoms with van der Waals surface area (Å²) in [6.07, 6.45) is 0. The predicted octanol–water partition coefficient (Wildman–Crippen LogP) is 4.74. The maximum absolute atomic E-state index is 12.3. The standard InChI is InChI=1S/C24H21N3O4/c1-16-6-3-7-17(12-16)23-26-27-24(31-23)18-8-4-9-19(13-18)25-22(28)15-30-21-11-5-10-20(14-21)29-2/h3-14H,15H2,1-2H3,(H,25,28). The third-order valence-electron chi connectivity index (χ3n) is 4.49. The molecule has 0 aliphatic heterocycles. The van der Waals surface area contributed by atoms with Crippen molar-refractivity contribution >= 4 is 11.6 Å². The molecular weight excluding hydrogens is 394 g/mol. The van der Waals surface area contributed by atoms with Gasteiger partial charge >= 0.3 is 0 Å². The Morgan fingerprint density at radius 1 is 0.903 bits per heavy atom. The Balaban J connectivity index is 1.42. The van der Waals surface area contributed by atoms with Crippen LogP contribution >= 0.6 is 0 Å². The number of aromatic nitrogens is 2. The van der Waals surface area contributed by atoms with E-state index in [0.29, 0.717) is 34.5 Å². The van der Waals surface area contributed by atoms with E-state index < -0.39 is 0 Å². The van der Waals surface area contributed by atoms with E-state index in [0.717, 1.165) is 11.1 Å². The molecule has 156 valence electrons. The highest BCUT2D eigenvalue weighted by Gasteiger charge is 2.12. The Bertz CT molecular complexity index is 1200. The zero-order valence-electron chi connectivity index (χ0n) is 17.2. The minimum absolute atomic E-state index is 0.130. The third kappa shape index (κ3) is 5.08. The van der Waals surface area contributed by atoms with Gasteiger partial charge in [0, 0.05) is 22.9 Å². The Hall–Kier alpha value is -4.13. The number of methoxy groups -OCH3 is 1. The van der Waals surface area contributed by atoms with Crippen LogP contribution in [0.2, 0.25) is 0 Å². The first-order valence-electron chi connectivity index (χ1n) is 9.68. The topological polar surface area (TPSA) is 86.5 Å². The average Bonchev–Trinajstić information content (AvgIpc) is 3.29. The Labute approximate surface area is 179 Å². The van der Waals surface area contributed by atoms with Gasteiger partial charge in [-0.2, -0.15) is 0 Å². The minimum atomic E-state index is -0.286. The monoisotopic (exact) mass is 415 g/mol. The average molecular weight is 415 g/mol. The summed E-state index contributed by atoms with van der Waals surface area (Å²) in [5.41, 5.74) is 3.28. The van der Waals surface area contributed by atoms with E-state index in [2.05, 4.69) is 15.5 Å². The van der Waals surface area contributed by atoms with Gasteiger partial charge in [-0.25, -0.2) is 0 Å². The van der Waals surface area contributed by atoms with E-state index in [1.807, 2.05) is 43.3 Å². The number of nitrogens with zero attached hydrogens (tertiary/aromatic N) is 2. The van der Waals surface area contributed by atoms with E-state index in [-0.39, 0.29) is 12.5 Å². The van der Waals surface area contributed by atoms with E-state index in [1.165, 1.54) is 0 Å². The molecule has 7 heteroatoms. The van der Waals surface area contributed by atoms with Crippen molar-refractivity contribution in [2.75, 3.05) is 19.0 Å². The second-order valence-corrected chi connectivity index (χ2v) is 6.88. The van der Waals surface area contributed by atoms with Crippen LogP contribution in [0.25, 0.3) is 22.9 Å². The molecule has 0 unspecified atom stereocenters. The van der Waals surface area contributed by atoms with Gasteiger partial charge in [0.2, 0.25) is 11.8 Å². The molecule has 1 aromatic heterocycles. The highest BCUT2D eigenvalue weighted by atomic mass is 16.5. The summed E-state index contributed by atoms with van der Waals surface area (Å²) in [6.45, 7) is 1.88. The largest absolute Gasteiger partial charge is 0.497 e. The van der Waals surface area contributed by atoms with Crippen molar-refractivity contribution in [1.82, 2.24) is 10.2 Å². The lowest BCUT2D eigenvalue weighted by atomic mass is 10.1. The maximum atomic E-state index is 12.3. The van der Waals surface area contributed by atoms with Crippen LogP contribution in [0.3, 0.4) is 0 Å². The van der Waals surface area contributed by atoms with Gasteiger partial charge in [0.25, 0.3) is 5.91 Å². The predicted molar refractivity (Wildman–Crippen MR) is 117 cm³/mol. The molecular formula is C24H21N3O4. The summed E-state index contributed by atoms with van der Waals surface area (Å²) in [7, 11) is 1.58. The van der Waals surface area contributed by atoms with E-state index >= 15 is 0 Å². The smallest absolute Gasteiger partial charge is 0.262 e. The molecule has 4 rings (SSSR count). The van der Waals surface area contributed by atoms with Gasteiger partial charge in [-0.1, -0.05) is 29.8 Å². The zero-order chi connectivity index (χ0) is 21.6. The molecule has 0 radical (unpaired) electrons. The summed E-state index contributed by atoms with van der Waals surface area (Å²) in [6, 6.07) is 22.1. The number of aryl methyl sites for hydroxylation is 1. The molecule has 0 spiro atoms. The summed E-state index contributed by atoms with van der Waals surface area (Å²) < 4.78 is 16.5. The second-order valence-electron chi connectivity index (χ2n) is 6.88. The van der Waals surface area contributed by atoms with Crippen molar-refractivity contribution in [3.63, 3.8) is 0 Å². The molecule has 0 aliphatic rings. The number of carbonyl (C=O) groups is 1. The third-order valence-corrected chi connectivity index (χ3v) is 4.49. The fourth-order valence-corrected chi connectivity index (χ4v) is 3.00. The number of hydrogen-bond donors (Lipinski definition) is 1. The molecule has 7 nitrogen and oxygen atoms in total. The van der Waals surface area contributed by atoms with Crippen LogP contribution in [0.5, 0.6) is 11.5 Å². The van der Waals surface area contributed by atoms with E-state index in [9.17, 15) is 4.79 Å². The lowest BCUT2D eigenvalue weighted by Gasteiger charge is -2.09. The van der Waals surface area contributed by atoms with Gasteiger partial charge in [-0.05, 0) is 49.4 Å². The lowest BCUT2D eigenvalue weighted by Crippen LogP contribution is -2.20. The Morgan fingerprint density at radius 3 is 2.32 bits per heavy atom. The molecule has 1 heterocycles. The molecule has 3 aromatic carbocycles. The van der Waals surface area contributed by atoms with Crippen molar-refractivity contribution in [3.8, 4) is 34.4 Å². The summed E-state index contributed by atoms with van der Waals surface area (Å²) in [5.74, 6) is 1.75. The number of carbonyl (C=O) groups excluding carboxylic acids is 1. The summed E-state index contributed by atoms with van der Waals surface area (Å²) >= 11 is 0. The highest BCUT2D eigenvalue weighted by Crippen LogP contribution is 2.26. The number of anilines is 1. The number of rotatable bonds is 7. The van der Waals surface area contributed by atoms with Crippen LogP contribution < -0.4 is 14.8 Å². The number of benzene rings is 3. The van der Waals surface area contributed by atoms with Gasteiger partial charge in [0.05, 0.1) is 7.11 Å². The number of hydrogen-bond acceptors (Lipinski definition) is 6. The maximum Gasteiger partial charge on any atom is 0.262 e. The molecule has 0 atom stereocenters. The first-order valence-corrected chi connectivity index (χ1v) is 9.68. The molecule has 31 heavy (non-hydrogen) atoms. The lowest BCUT2D eigenvalue weighted by molar-refractivity contribution is -0.118. The van der Waals surface area contributed by atoms with Crippen LogP contribution in [0, 0.1) is 6.92 Å². The van der Waals surface area contributed by atoms with Crippen LogP contribution in [0.15, 0.2) is 77.2 Å². The van der Waals surface area contributed by atoms with E-state index in [4.69, 9.17) is 13.9 Å². The molecule has 0 bridgehead atoms. The van der Waals surface area contributed by atoms with Crippen LogP contribution in [-0.4, -0.2) is 29.8 Å². The quantitative estimate of drug-likeness (QED) is 0.469. The molecule has 1 N–H and O–H groups in total. The van der Waals surface area contributed by atoms with Crippen molar-refractivity contribution in [1.29, 1.82) is 0 Å². The molecule has 1 amide bonds. The van der Waals surface area contributed by atoms with Crippen LogP contribution in [0.4, 0.5) is 5.69 Å². The second kappa shape index (κ2) is 9.13. The van der Waals surface area contributed by atoms with Gasteiger partial charge < -0.3 is 19.2 Å². The molecule has 0 fully saturated rings. The van der Waals surface area contributed by atoms with Gasteiger partial charge in [0.1, 0.15) is 11.5 Å². The molecule has 4 aromatic rings. The molecule has 0 saturated heterocycles. The van der Waals surface area contributed by atoms with Gasteiger partial charge in [-0.3, -0.25) is 4.79 Å². The Morgan fingerprint density at radius 2 is 1.58 bits per heavy atom. The highest BCUT2D eigenvalue weighted by molar-refractivity contribution is 5.92. The SMILES string of the molecule is COc1cccc(OCC(=O)Nc2cccc(-c3nnc(-c4cccc(C)c4)o3)c2)c1. The van der Waals surface area contributed by atoms with E-state index in [1.54, 1.807) is 43.5 Å². The first kappa shape index (κ1) is 20.2.